The van der Waals surface area contributed by atoms with Gasteiger partial charge in [0.25, 0.3) is 5.91 Å². The fraction of sp³-hybridized carbons (Fsp3) is 0.273. The lowest BCUT2D eigenvalue weighted by Gasteiger charge is -2.13. The van der Waals surface area contributed by atoms with Gasteiger partial charge in [0, 0.05) is 6.54 Å². The lowest BCUT2D eigenvalue weighted by atomic mass is 10.1. The van der Waals surface area contributed by atoms with E-state index in [1.807, 2.05) is 56.3 Å². The fourth-order valence-electron chi connectivity index (χ4n) is 3.00. The molecule has 1 amide bonds. The second kappa shape index (κ2) is 9.05. The Kier molecular flexibility index (Phi) is 6.49. The lowest BCUT2D eigenvalue weighted by Crippen LogP contribution is -2.28. The number of aryl methyl sites for hydroxylation is 1. The minimum absolute atomic E-state index is 0.0708. The number of hydrogen-bond acceptors (Lipinski definition) is 6. The van der Waals surface area contributed by atoms with E-state index in [0.717, 1.165) is 16.8 Å². The molecule has 3 rings (SSSR count). The van der Waals surface area contributed by atoms with Crippen molar-refractivity contribution in [3.8, 4) is 17.2 Å². The highest BCUT2D eigenvalue weighted by molar-refractivity contribution is 8.18. The van der Waals surface area contributed by atoms with Gasteiger partial charge in [0.15, 0.2) is 16.7 Å². The summed E-state index contributed by atoms with van der Waals surface area (Å²) in [4.78, 5) is 19.9. The summed E-state index contributed by atoms with van der Waals surface area (Å²) in [6.07, 6.45) is 1.82. The number of nitrogens with zero attached hydrogens (tertiary/aromatic N) is 2. The average Bonchev–Trinajstić information content (AvgIpc) is 3.02. The number of benzene rings is 2. The minimum atomic E-state index is -0.0708. The zero-order valence-corrected chi connectivity index (χ0v) is 18.0. The molecule has 1 saturated heterocycles. The summed E-state index contributed by atoms with van der Waals surface area (Å²) in [5.74, 6) is 1.52. The van der Waals surface area contributed by atoms with E-state index >= 15 is 0 Å². The van der Waals surface area contributed by atoms with Crippen LogP contribution in [-0.2, 0) is 4.79 Å². The maximum atomic E-state index is 12.9. The van der Waals surface area contributed by atoms with Crippen molar-refractivity contribution in [1.82, 2.24) is 4.90 Å². The Morgan fingerprint density at radius 3 is 2.28 bits per heavy atom. The van der Waals surface area contributed by atoms with Gasteiger partial charge >= 0.3 is 0 Å². The molecule has 0 aliphatic carbocycles. The number of ether oxygens (including phenoxy) is 3. The standard InChI is InChI=1S/C22H24N2O4S/c1-6-24-21(25)19(29-22(24)23-16-10-8-7-9-14(16)2)13-15-11-17(26-3)20(28-5)18(12-15)27-4/h7-13H,6H2,1-5H3/b19-13+,23-22?. The van der Waals surface area contributed by atoms with E-state index in [2.05, 4.69) is 0 Å². The quantitative estimate of drug-likeness (QED) is 0.647. The Hall–Kier alpha value is -2.93. The van der Waals surface area contributed by atoms with Gasteiger partial charge in [-0.2, -0.15) is 0 Å². The molecule has 2 aromatic rings. The Morgan fingerprint density at radius 2 is 1.72 bits per heavy atom. The van der Waals surface area contributed by atoms with E-state index in [4.69, 9.17) is 19.2 Å². The molecule has 7 heteroatoms. The van der Waals surface area contributed by atoms with Crippen LogP contribution >= 0.6 is 11.8 Å². The second-order valence-corrected chi connectivity index (χ2v) is 7.31. The maximum absolute atomic E-state index is 12.9. The summed E-state index contributed by atoms with van der Waals surface area (Å²) < 4.78 is 16.2. The number of methoxy groups -OCH3 is 3. The Bertz CT molecular complexity index is 960. The highest BCUT2D eigenvalue weighted by atomic mass is 32.2. The molecular formula is C22H24N2O4S. The molecule has 0 bridgehead atoms. The molecule has 0 spiro atoms. The summed E-state index contributed by atoms with van der Waals surface area (Å²) in [6.45, 7) is 4.49. The second-order valence-electron chi connectivity index (χ2n) is 6.30. The molecule has 0 aromatic heterocycles. The molecule has 152 valence electrons. The van der Waals surface area contributed by atoms with Crippen LogP contribution in [0.2, 0.25) is 0 Å². The first kappa shape index (κ1) is 20.8. The largest absolute Gasteiger partial charge is 0.493 e. The molecule has 1 heterocycles. The minimum Gasteiger partial charge on any atom is -0.493 e. The number of amides is 1. The topological polar surface area (TPSA) is 60.4 Å². The van der Waals surface area contributed by atoms with E-state index in [1.165, 1.54) is 11.8 Å². The molecule has 0 radical (unpaired) electrons. The molecular weight excluding hydrogens is 388 g/mol. The van der Waals surface area contributed by atoms with Crippen molar-refractivity contribution in [3.05, 3.63) is 52.4 Å². The van der Waals surface area contributed by atoms with E-state index in [0.29, 0.717) is 33.9 Å². The molecule has 29 heavy (non-hydrogen) atoms. The Morgan fingerprint density at radius 1 is 1.07 bits per heavy atom. The molecule has 1 fully saturated rings. The van der Waals surface area contributed by atoms with Crippen LogP contribution in [-0.4, -0.2) is 43.8 Å². The molecule has 0 unspecified atom stereocenters. The van der Waals surface area contributed by atoms with Crippen molar-refractivity contribution in [3.63, 3.8) is 0 Å². The molecule has 1 aliphatic heterocycles. The van der Waals surface area contributed by atoms with Crippen molar-refractivity contribution in [2.45, 2.75) is 13.8 Å². The van der Waals surface area contributed by atoms with Crippen LogP contribution in [0.5, 0.6) is 17.2 Å². The van der Waals surface area contributed by atoms with Crippen molar-refractivity contribution in [2.75, 3.05) is 27.9 Å². The number of carbonyl (C=O) groups excluding carboxylic acids is 1. The van der Waals surface area contributed by atoms with Crippen molar-refractivity contribution < 1.29 is 19.0 Å². The molecule has 0 N–H and O–H groups in total. The van der Waals surface area contributed by atoms with Gasteiger partial charge in [0.1, 0.15) is 0 Å². The maximum Gasteiger partial charge on any atom is 0.266 e. The summed E-state index contributed by atoms with van der Waals surface area (Å²) >= 11 is 1.36. The third-order valence-corrected chi connectivity index (χ3v) is 5.53. The Labute approximate surface area is 175 Å². The highest BCUT2D eigenvalue weighted by Crippen LogP contribution is 2.40. The first-order valence-corrected chi connectivity index (χ1v) is 9.99. The highest BCUT2D eigenvalue weighted by Gasteiger charge is 2.32. The molecule has 0 saturated carbocycles. The van der Waals surface area contributed by atoms with Crippen LogP contribution in [0, 0.1) is 6.92 Å². The third-order valence-electron chi connectivity index (χ3n) is 4.52. The smallest absolute Gasteiger partial charge is 0.266 e. The summed E-state index contributed by atoms with van der Waals surface area (Å²) in [6, 6.07) is 11.5. The van der Waals surface area contributed by atoms with Crippen LogP contribution in [0.15, 0.2) is 46.3 Å². The lowest BCUT2D eigenvalue weighted by molar-refractivity contribution is -0.122. The first-order valence-electron chi connectivity index (χ1n) is 9.18. The SMILES string of the molecule is CCN1C(=O)/C(=C\c2cc(OC)c(OC)c(OC)c2)SC1=Nc1ccccc1C. The van der Waals surface area contributed by atoms with Crippen molar-refractivity contribution in [1.29, 1.82) is 0 Å². The zero-order valence-electron chi connectivity index (χ0n) is 17.2. The van der Waals surface area contributed by atoms with E-state index in [-0.39, 0.29) is 5.91 Å². The van der Waals surface area contributed by atoms with Crippen LogP contribution in [0.25, 0.3) is 6.08 Å². The number of amidine groups is 1. The van der Waals surface area contributed by atoms with Crippen LogP contribution in [0.1, 0.15) is 18.1 Å². The number of rotatable bonds is 6. The van der Waals surface area contributed by atoms with E-state index < -0.39 is 0 Å². The predicted molar refractivity (Wildman–Crippen MR) is 117 cm³/mol. The number of carbonyl (C=O) groups is 1. The summed E-state index contributed by atoms with van der Waals surface area (Å²) in [5.41, 5.74) is 2.70. The number of likely N-dealkylation sites (N-methyl/N-ethyl adjacent to an activating group) is 1. The van der Waals surface area contributed by atoms with Gasteiger partial charge in [-0.15, -0.1) is 0 Å². The van der Waals surface area contributed by atoms with Crippen LogP contribution < -0.4 is 14.2 Å². The van der Waals surface area contributed by atoms with Gasteiger partial charge in [0.05, 0.1) is 31.9 Å². The van der Waals surface area contributed by atoms with E-state index in [9.17, 15) is 4.79 Å². The van der Waals surface area contributed by atoms with Crippen molar-refractivity contribution >= 4 is 34.6 Å². The Balaban J connectivity index is 2.00. The third kappa shape index (κ3) is 4.24. The van der Waals surface area contributed by atoms with Gasteiger partial charge in [-0.25, -0.2) is 4.99 Å². The fourth-order valence-corrected chi connectivity index (χ4v) is 4.05. The number of thioether (sulfide) groups is 1. The van der Waals surface area contributed by atoms with Gasteiger partial charge in [-0.3, -0.25) is 9.69 Å². The van der Waals surface area contributed by atoms with Crippen LogP contribution in [0.4, 0.5) is 5.69 Å². The molecule has 1 aliphatic rings. The molecule has 0 atom stereocenters. The predicted octanol–water partition coefficient (Wildman–Crippen LogP) is 4.64. The first-order chi connectivity index (χ1) is 14.0. The van der Waals surface area contributed by atoms with Gasteiger partial charge in [0.2, 0.25) is 5.75 Å². The van der Waals surface area contributed by atoms with Crippen LogP contribution in [0.3, 0.4) is 0 Å². The molecule has 6 nitrogen and oxygen atoms in total. The number of aliphatic imine (C=N–C) groups is 1. The van der Waals surface area contributed by atoms with E-state index in [1.54, 1.807) is 26.2 Å². The van der Waals surface area contributed by atoms with Gasteiger partial charge in [-0.1, -0.05) is 18.2 Å². The average molecular weight is 413 g/mol. The van der Waals surface area contributed by atoms with Gasteiger partial charge < -0.3 is 14.2 Å². The zero-order chi connectivity index (χ0) is 21.0. The summed E-state index contributed by atoms with van der Waals surface area (Å²) in [7, 11) is 4.69. The number of para-hydroxylation sites is 1. The van der Waals surface area contributed by atoms with Gasteiger partial charge in [-0.05, 0) is 61.0 Å². The normalized spacial score (nSPS) is 16.6. The van der Waals surface area contributed by atoms with Crippen molar-refractivity contribution in [2.24, 2.45) is 4.99 Å². The number of hydrogen-bond donors (Lipinski definition) is 0. The molecule has 2 aromatic carbocycles. The summed E-state index contributed by atoms with van der Waals surface area (Å²) in [5, 5.41) is 0.672. The monoisotopic (exact) mass is 412 g/mol.